The molecule has 0 amide bonds. The molecule has 0 aliphatic heterocycles. The maximum atomic E-state index is 6.17. The van der Waals surface area contributed by atoms with E-state index in [-0.39, 0.29) is 0 Å². The zero-order valence-electron chi connectivity index (χ0n) is 15.8. The van der Waals surface area contributed by atoms with Gasteiger partial charge in [-0.3, -0.25) is 0 Å². The molecule has 0 radical (unpaired) electrons. The van der Waals surface area contributed by atoms with Crippen molar-refractivity contribution in [3.63, 3.8) is 0 Å². The fourth-order valence-corrected chi connectivity index (χ4v) is 3.45. The number of nitrogens with zero attached hydrogens (tertiary/aromatic N) is 1. The normalized spacial score (nSPS) is 11.0. The first-order valence-electron chi connectivity index (χ1n) is 9.62. The van der Waals surface area contributed by atoms with E-state index in [2.05, 4.69) is 29.2 Å². The average molecular weight is 380 g/mol. The number of para-hydroxylation sites is 1. The Balaban J connectivity index is 1.47. The second-order valence-electron chi connectivity index (χ2n) is 6.88. The highest BCUT2D eigenvalue weighted by Gasteiger charge is 2.12. The molecular formula is C25H20N2O2. The Kier molecular flexibility index (Phi) is 4.59. The molecule has 0 unspecified atom stereocenters. The minimum atomic E-state index is 0.382. The third kappa shape index (κ3) is 3.65. The summed E-state index contributed by atoms with van der Waals surface area (Å²) in [5, 5.41) is 2.12. The van der Waals surface area contributed by atoms with Gasteiger partial charge in [-0.1, -0.05) is 72.8 Å². The molecule has 142 valence electrons. The van der Waals surface area contributed by atoms with E-state index < -0.39 is 0 Å². The zero-order chi connectivity index (χ0) is 19.5. The lowest BCUT2D eigenvalue weighted by Crippen LogP contribution is -1.96. The first-order valence-corrected chi connectivity index (χ1v) is 9.62. The second-order valence-corrected chi connectivity index (χ2v) is 6.88. The van der Waals surface area contributed by atoms with E-state index in [4.69, 9.17) is 14.5 Å². The molecule has 4 heteroatoms. The third-order valence-corrected chi connectivity index (χ3v) is 4.86. The number of aromatic nitrogens is 2. The van der Waals surface area contributed by atoms with E-state index >= 15 is 0 Å². The van der Waals surface area contributed by atoms with E-state index in [0.717, 1.165) is 44.7 Å². The van der Waals surface area contributed by atoms with Crippen LogP contribution in [0.15, 0.2) is 91.0 Å². The molecule has 5 rings (SSSR count). The van der Waals surface area contributed by atoms with E-state index in [1.54, 1.807) is 0 Å². The van der Waals surface area contributed by atoms with Crippen LogP contribution in [-0.4, -0.2) is 9.97 Å². The van der Waals surface area contributed by atoms with Gasteiger partial charge in [0.2, 0.25) is 0 Å². The van der Waals surface area contributed by atoms with Gasteiger partial charge in [-0.15, -0.1) is 0 Å². The number of fused-ring (bicyclic) bond motifs is 3. The van der Waals surface area contributed by atoms with Crippen LogP contribution >= 0.6 is 0 Å². The summed E-state index contributed by atoms with van der Waals surface area (Å²) in [6.45, 7) is 0.904. The lowest BCUT2D eigenvalue weighted by atomic mass is 10.1. The first kappa shape index (κ1) is 17.3. The van der Waals surface area contributed by atoms with Crippen LogP contribution in [0.2, 0.25) is 0 Å². The second kappa shape index (κ2) is 7.68. The molecule has 0 saturated heterocycles. The van der Waals surface area contributed by atoms with Crippen LogP contribution in [0.3, 0.4) is 0 Å². The molecule has 4 aromatic carbocycles. The maximum absolute atomic E-state index is 6.17. The fraction of sp³-hybridized carbons (Fsp3) is 0.0800. The Morgan fingerprint density at radius 3 is 2.17 bits per heavy atom. The summed E-state index contributed by atoms with van der Waals surface area (Å²) >= 11 is 0. The summed E-state index contributed by atoms with van der Waals surface area (Å²) in [5.41, 5.74) is 3.01. The number of H-pyrrole nitrogens is 1. The van der Waals surface area contributed by atoms with Crippen molar-refractivity contribution in [3.8, 4) is 11.5 Å². The lowest BCUT2D eigenvalue weighted by molar-refractivity contribution is 0.297. The molecule has 5 aromatic rings. The van der Waals surface area contributed by atoms with Gasteiger partial charge < -0.3 is 14.5 Å². The molecule has 1 N–H and O–H groups in total. The largest absolute Gasteiger partial charge is 0.488 e. The van der Waals surface area contributed by atoms with E-state index in [9.17, 15) is 0 Å². The van der Waals surface area contributed by atoms with Gasteiger partial charge >= 0.3 is 0 Å². The Morgan fingerprint density at radius 1 is 0.690 bits per heavy atom. The zero-order valence-corrected chi connectivity index (χ0v) is 15.8. The summed E-state index contributed by atoms with van der Waals surface area (Å²) in [5.74, 6) is 2.45. The monoisotopic (exact) mass is 380 g/mol. The van der Waals surface area contributed by atoms with Gasteiger partial charge in [-0.25, -0.2) is 4.98 Å². The van der Waals surface area contributed by atoms with Crippen molar-refractivity contribution in [1.29, 1.82) is 0 Å². The summed E-state index contributed by atoms with van der Waals surface area (Å²) < 4.78 is 12.0. The topological polar surface area (TPSA) is 47.1 Å². The van der Waals surface area contributed by atoms with Gasteiger partial charge in [0.25, 0.3) is 0 Å². The van der Waals surface area contributed by atoms with Crippen molar-refractivity contribution >= 4 is 21.8 Å². The Morgan fingerprint density at radius 2 is 1.38 bits per heavy atom. The van der Waals surface area contributed by atoms with Gasteiger partial charge in [0.15, 0.2) is 0 Å². The first-order chi connectivity index (χ1) is 14.4. The quantitative estimate of drug-likeness (QED) is 0.400. The maximum Gasteiger partial charge on any atom is 0.146 e. The predicted molar refractivity (Wildman–Crippen MR) is 115 cm³/mol. The van der Waals surface area contributed by atoms with E-state index in [1.165, 1.54) is 0 Å². The van der Waals surface area contributed by atoms with Crippen molar-refractivity contribution in [1.82, 2.24) is 9.97 Å². The number of imidazole rings is 1. The lowest BCUT2D eigenvalue weighted by Gasteiger charge is -2.10. The van der Waals surface area contributed by atoms with E-state index in [0.29, 0.717) is 13.2 Å². The Bertz CT molecular complexity index is 1250. The van der Waals surface area contributed by atoms with E-state index in [1.807, 2.05) is 66.7 Å². The van der Waals surface area contributed by atoms with Crippen LogP contribution in [0.25, 0.3) is 21.8 Å². The number of aromatic amines is 1. The Hall–Kier alpha value is -3.79. The van der Waals surface area contributed by atoms with Crippen LogP contribution in [0, 0.1) is 0 Å². The van der Waals surface area contributed by atoms with Crippen LogP contribution in [0.4, 0.5) is 0 Å². The van der Waals surface area contributed by atoms with Gasteiger partial charge in [0.1, 0.15) is 30.5 Å². The minimum absolute atomic E-state index is 0.382. The summed E-state index contributed by atoms with van der Waals surface area (Å²) in [7, 11) is 0. The standard InChI is InChI=1S/C25H20N2O2/c1-3-9-18(10-4-1)16-29-23-15-22-25(21-14-8-7-13-20(21)23)27-24(26-22)17-28-19-11-5-2-6-12-19/h1-15H,16-17H2,(H,26,27). The van der Waals surface area contributed by atoms with Crippen molar-refractivity contribution in [2.24, 2.45) is 0 Å². The van der Waals surface area contributed by atoms with Gasteiger partial charge in [-0.2, -0.15) is 0 Å². The highest BCUT2D eigenvalue weighted by atomic mass is 16.5. The summed E-state index contributed by atoms with van der Waals surface area (Å²) in [4.78, 5) is 8.16. The summed E-state index contributed by atoms with van der Waals surface area (Å²) in [6, 6.07) is 30.2. The molecule has 1 aromatic heterocycles. The highest BCUT2D eigenvalue weighted by molar-refractivity contribution is 6.07. The number of nitrogens with one attached hydrogen (secondary N) is 1. The Labute approximate surface area is 168 Å². The van der Waals surface area contributed by atoms with Gasteiger partial charge in [0, 0.05) is 16.8 Å². The SMILES string of the molecule is c1ccc(COc2cc3[nH]c(COc4ccccc4)nc3c3ccccc23)cc1. The molecule has 0 saturated carbocycles. The van der Waals surface area contributed by atoms with Crippen molar-refractivity contribution < 1.29 is 9.47 Å². The van der Waals surface area contributed by atoms with Crippen molar-refractivity contribution in [2.75, 3.05) is 0 Å². The molecular weight excluding hydrogens is 360 g/mol. The molecule has 1 heterocycles. The van der Waals surface area contributed by atoms with Crippen LogP contribution in [-0.2, 0) is 13.2 Å². The van der Waals surface area contributed by atoms with Crippen LogP contribution in [0.5, 0.6) is 11.5 Å². The molecule has 0 fully saturated rings. The smallest absolute Gasteiger partial charge is 0.146 e. The molecule has 0 atom stereocenters. The highest BCUT2D eigenvalue weighted by Crippen LogP contribution is 2.33. The molecule has 0 bridgehead atoms. The molecule has 4 nitrogen and oxygen atoms in total. The van der Waals surface area contributed by atoms with Crippen molar-refractivity contribution in [2.45, 2.75) is 13.2 Å². The number of hydrogen-bond acceptors (Lipinski definition) is 3. The van der Waals surface area contributed by atoms with Crippen LogP contribution in [0.1, 0.15) is 11.4 Å². The number of ether oxygens (including phenoxy) is 2. The third-order valence-electron chi connectivity index (χ3n) is 4.86. The number of rotatable bonds is 6. The predicted octanol–water partition coefficient (Wildman–Crippen LogP) is 5.87. The number of benzene rings is 4. The van der Waals surface area contributed by atoms with Crippen LogP contribution < -0.4 is 9.47 Å². The molecule has 0 spiro atoms. The molecule has 29 heavy (non-hydrogen) atoms. The van der Waals surface area contributed by atoms with Crippen molar-refractivity contribution in [3.05, 3.63) is 102 Å². The molecule has 0 aliphatic carbocycles. The average Bonchev–Trinajstić information content (AvgIpc) is 3.21. The van der Waals surface area contributed by atoms with Gasteiger partial charge in [0.05, 0.1) is 11.0 Å². The molecule has 0 aliphatic rings. The fourth-order valence-electron chi connectivity index (χ4n) is 3.45. The minimum Gasteiger partial charge on any atom is -0.488 e. The number of hydrogen-bond donors (Lipinski definition) is 1. The summed E-state index contributed by atoms with van der Waals surface area (Å²) in [6.07, 6.45) is 0. The van der Waals surface area contributed by atoms with Gasteiger partial charge in [-0.05, 0) is 17.7 Å².